The van der Waals surface area contributed by atoms with Crippen LogP contribution in [0, 0.1) is 0 Å². The zero-order valence-corrected chi connectivity index (χ0v) is 26.2. The first-order chi connectivity index (χ1) is 21.9. The molecule has 1 atom stereocenters. The molecule has 0 spiro atoms. The highest BCUT2D eigenvalue weighted by atomic mass is 32.1. The second kappa shape index (κ2) is 12.8. The minimum atomic E-state index is -0.766. The topological polar surface area (TPSA) is 88.4 Å². The maximum absolute atomic E-state index is 14.1. The van der Waals surface area contributed by atoms with Crippen molar-refractivity contribution in [2.24, 2.45) is 4.99 Å². The lowest BCUT2D eigenvalue weighted by atomic mass is 9.95. The van der Waals surface area contributed by atoms with Gasteiger partial charge in [0.15, 0.2) is 16.3 Å². The van der Waals surface area contributed by atoms with E-state index in [1.807, 2.05) is 54.6 Å². The number of benzene rings is 4. The molecule has 2 heterocycles. The third-order valence-corrected chi connectivity index (χ3v) is 8.65. The molecular formula is C36H32N2O6S. The van der Waals surface area contributed by atoms with Crippen LogP contribution in [0.2, 0.25) is 0 Å². The number of carbonyl (C=O) groups excluding carboxylic acids is 1. The molecule has 0 bridgehead atoms. The number of allylic oxidation sites excluding steroid dienone is 1. The van der Waals surface area contributed by atoms with E-state index in [0.29, 0.717) is 50.0 Å². The van der Waals surface area contributed by atoms with Crippen LogP contribution in [0.25, 0.3) is 16.8 Å². The van der Waals surface area contributed by atoms with Gasteiger partial charge in [0.1, 0.15) is 12.4 Å². The van der Waals surface area contributed by atoms with Gasteiger partial charge in [0.25, 0.3) is 5.56 Å². The van der Waals surface area contributed by atoms with E-state index in [1.165, 1.54) is 11.3 Å². The third-order valence-electron chi connectivity index (χ3n) is 7.67. The molecule has 0 N–H and O–H groups in total. The SMILES string of the molecule is CCOC(=O)C1=C(C)N=c2s/c(=C\c3cccc(OCc4cccc5ccccc45)c3)c(=O)n2[C@H]1c1ccc(OC)c(OC)c1. The van der Waals surface area contributed by atoms with Gasteiger partial charge in [-0.1, -0.05) is 72.0 Å². The fourth-order valence-electron chi connectivity index (χ4n) is 5.55. The van der Waals surface area contributed by atoms with Gasteiger partial charge in [0.2, 0.25) is 0 Å². The van der Waals surface area contributed by atoms with Crippen molar-refractivity contribution in [2.75, 3.05) is 20.8 Å². The second-order valence-corrected chi connectivity index (χ2v) is 11.4. The van der Waals surface area contributed by atoms with Crippen LogP contribution in [0.3, 0.4) is 0 Å². The van der Waals surface area contributed by atoms with Crippen molar-refractivity contribution < 1.29 is 23.7 Å². The van der Waals surface area contributed by atoms with E-state index >= 15 is 0 Å². The molecule has 4 aromatic carbocycles. The van der Waals surface area contributed by atoms with Crippen molar-refractivity contribution in [3.05, 3.63) is 133 Å². The Bertz CT molecular complexity index is 2120. The lowest BCUT2D eigenvalue weighted by molar-refractivity contribution is -0.139. The van der Waals surface area contributed by atoms with E-state index in [4.69, 9.17) is 18.9 Å². The normalized spacial score (nSPS) is 14.6. The number of ether oxygens (including phenoxy) is 4. The summed E-state index contributed by atoms with van der Waals surface area (Å²) in [7, 11) is 3.10. The Morgan fingerprint density at radius 2 is 1.73 bits per heavy atom. The fourth-order valence-corrected chi connectivity index (χ4v) is 6.60. The van der Waals surface area contributed by atoms with Gasteiger partial charge in [-0.25, -0.2) is 9.79 Å². The Morgan fingerprint density at radius 3 is 2.53 bits per heavy atom. The number of rotatable bonds is 9. The maximum Gasteiger partial charge on any atom is 0.338 e. The molecule has 0 amide bonds. The molecule has 228 valence electrons. The van der Waals surface area contributed by atoms with Gasteiger partial charge in [-0.3, -0.25) is 9.36 Å². The van der Waals surface area contributed by atoms with Crippen LogP contribution in [0.5, 0.6) is 17.2 Å². The van der Waals surface area contributed by atoms with E-state index in [-0.39, 0.29) is 12.2 Å². The number of carbonyl (C=O) groups is 1. The maximum atomic E-state index is 14.1. The predicted molar refractivity (Wildman–Crippen MR) is 175 cm³/mol. The number of nitrogens with zero attached hydrogens (tertiary/aromatic N) is 2. The molecule has 0 fully saturated rings. The van der Waals surface area contributed by atoms with Crippen molar-refractivity contribution in [3.8, 4) is 17.2 Å². The molecule has 0 radical (unpaired) electrons. The third kappa shape index (κ3) is 5.86. The van der Waals surface area contributed by atoms with Crippen LogP contribution < -0.4 is 29.1 Å². The number of thiazole rings is 1. The van der Waals surface area contributed by atoms with E-state index in [0.717, 1.165) is 21.9 Å². The molecule has 1 aromatic heterocycles. The molecule has 45 heavy (non-hydrogen) atoms. The molecule has 0 aliphatic carbocycles. The standard InChI is InChI=1S/C36H32N2O6S/c1-5-43-35(40)32-22(2)37-36-38(33(32)25-16-17-29(41-3)30(20-25)42-4)34(39)31(45-36)19-23-10-8-14-27(18-23)44-21-26-13-9-12-24-11-6-7-15-28(24)26/h6-20,33H,5,21H2,1-4H3/b31-19-/t33-/m0/s1. The van der Waals surface area contributed by atoms with Crippen molar-refractivity contribution in [1.29, 1.82) is 0 Å². The number of hydrogen-bond acceptors (Lipinski definition) is 8. The van der Waals surface area contributed by atoms with E-state index in [9.17, 15) is 9.59 Å². The Kier molecular flexibility index (Phi) is 8.53. The molecule has 0 saturated carbocycles. The van der Waals surface area contributed by atoms with Gasteiger partial charge >= 0.3 is 5.97 Å². The van der Waals surface area contributed by atoms with Crippen molar-refractivity contribution in [2.45, 2.75) is 26.5 Å². The summed E-state index contributed by atoms with van der Waals surface area (Å²) in [6.45, 7) is 4.11. The zero-order valence-electron chi connectivity index (χ0n) is 25.4. The van der Waals surface area contributed by atoms with E-state index in [1.54, 1.807) is 44.8 Å². The molecule has 8 nitrogen and oxygen atoms in total. The molecule has 9 heteroatoms. The van der Waals surface area contributed by atoms with Crippen LogP contribution in [0.15, 0.2) is 106 Å². The molecule has 1 aliphatic heterocycles. The Labute approximate surface area is 264 Å². The average Bonchev–Trinajstić information content (AvgIpc) is 3.36. The first-order valence-electron chi connectivity index (χ1n) is 14.5. The molecule has 0 saturated heterocycles. The summed E-state index contributed by atoms with van der Waals surface area (Å²) in [6.07, 6.45) is 1.82. The van der Waals surface area contributed by atoms with Gasteiger partial charge in [-0.05, 0) is 71.7 Å². The molecular weight excluding hydrogens is 588 g/mol. The molecule has 1 aliphatic rings. The Hall–Kier alpha value is -5.15. The average molecular weight is 621 g/mol. The summed E-state index contributed by atoms with van der Waals surface area (Å²) in [5.74, 6) is 1.18. The van der Waals surface area contributed by atoms with Crippen molar-refractivity contribution in [1.82, 2.24) is 4.57 Å². The predicted octanol–water partition coefficient (Wildman–Crippen LogP) is 5.55. The summed E-state index contributed by atoms with van der Waals surface area (Å²) in [6, 6.07) is 26.6. The quantitative estimate of drug-likeness (QED) is 0.201. The highest BCUT2D eigenvalue weighted by Crippen LogP contribution is 2.36. The van der Waals surface area contributed by atoms with E-state index < -0.39 is 12.0 Å². The first kappa shape index (κ1) is 29.9. The van der Waals surface area contributed by atoms with Crippen LogP contribution >= 0.6 is 11.3 Å². The summed E-state index contributed by atoms with van der Waals surface area (Å²) in [4.78, 5) is 32.4. The lowest BCUT2D eigenvalue weighted by Crippen LogP contribution is -2.39. The van der Waals surface area contributed by atoms with Gasteiger partial charge in [0, 0.05) is 0 Å². The van der Waals surface area contributed by atoms with Crippen LogP contribution in [-0.4, -0.2) is 31.4 Å². The number of methoxy groups -OCH3 is 2. The zero-order chi connectivity index (χ0) is 31.5. The van der Waals surface area contributed by atoms with Crippen molar-refractivity contribution in [3.63, 3.8) is 0 Å². The molecule has 0 unspecified atom stereocenters. The fraction of sp³-hybridized carbons (Fsp3) is 0.194. The van der Waals surface area contributed by atoms with Crippen LogP contribution in [0.1, 0.15) is 36.6 Å². The second-order valence-electron chi connectivity index (χ2n) is 10.4. The van der Waals surface area contributed by atoms with Crippen LogP contribution in [0.4, 0.5) is 0 Å². The largest absolute Gasteiger partial charge is 0.493 e. The van der Waals surface area contributed by atoms with Crippen LogP contribution in [-0.2, 0) is 16.1 Å². The monoisotopic (exact) mass is 620 g/mol. The van der Waals surface area contributed by atoms with Gasteiger partial charge < -0.3 is 18.9 Å². The van der Waals surface area contributed by atoms with Gasteiger partial charge in [0.05, 0.1) is 42.7 Å². The Morgan fingerprint density at radius 1 is 0.956 bits per heavy atom. The highest BCUT2D eigenvalue weighted by Gasteiger charge is 2.34. The summed E-state index contributed by atoms with van der Waals surface area (Å²) < 4.78 is 24.6. The smallest absolute Gasteiger partial charge is 0.338 e. The number of aromatic nitrogens is 1. The Balaban J connectivity index is 1.39. The molecule has 6 rings (SSSR count). The minimum absolute atomic E-state index is 0.192. The van der Waals surface area contributed by atoms with Crippen molar-refractivity contribution >= 4 is 34.2 Å². The number of hydrogen-bond donors (Lipinski definition) is 0. The van der Waals surface area contributed by atoms with E-state index in [2.05, 4.69) is 29.3 Å². The first-order valence-corrected chi connectivity index (χ1v) is 15.3. The summed E-state index contributed by atoms with van der Waals surface area (Å²) in [5.41, 5.74) is 3.09. The van der Waals surface area contributed by atoms with Gasteiger partial charge in [-0.2, -0.15) is 0 Å². The number of esters is 1. The van der Waals surface area contributed by atoms with Gasteiger partial charge in [-0.15, -0.1) is 0 Å². The highest BCUT2D eigenvalue weighted by molar-refractivity contribution is 7.07. The summed E-state index contributed by atoms with van der Waals surface area (Å²) in [5, 5.41) is 2.31. The minimum Gasteiger partial charge on any atom is -0.493 e. The lowest BCUT2D eigenvalue weighted by Gasteiger charge is -2.25. The summed E-state index contributed by atoms with van der Waals surface area (Å²) >= 11 is 1.27. The number of fused-ring (bicyclic) bond motifs is 2. The molecule has 5 aromatic rings.